The molecule has 0 aliphatic carbocycles. The Morgan fingerprint density at radius 3 is 2.81 bits per heavy atom. The standard InChI is InChI=1S/C12H10N2O2/c1-9(16)12-6-11(3-2-10(12)7-15)14-5-4-13-8-14/h2-8H,1H3. The van der Waals surface area contributed by atoms with E-state index in [4.69, 9.17) is 0 Å². The SMILES string of the molecule is CC(=O)c1cc(-n2ccnc2)ccc1C=O. The summed E-state index contributed by atoms with van der Waals surface area (Å²) in [6, 6.07) is 5.10. The highest BCUT2D eigenvalue weighted by Gasteiger charge is 2.08. The zero-order chi connectivity index (χ0) is 11.5. The van der Waals surface area contributed by atoms with Gasteiger partial charge in [-0.1, -0.05) is 0 Å². The van der Waals surface area contributed by atoms with Crippen molar-refractivity contribution in [2.45, 2.75) is 6.92 Å². The fourth-order valence-electron chi connectivity index (χ4n) is 1.52. The van der Waals surface area contributed by atoms with Gasteiger partial charge in [0.15, 0.2) is 12.1 Å². The van der Waals surface area contributed by atoms with E-state index in [1.165, 1.54) is 6.92 Å². The van der Waals surface area contributed by atoms with Crippen molar-refractivity contribution >= 4 is 12.1 Å². The summed E-state index contributed by atoms with van der Waals surface area (Å²) in [4.78, 5) is 26.0. The van der Waals surface area contributed by atoms with Gasteiger partial charge in [0.2, 0.25) is 0 Å². The average molecular weight is 214 g/mol. The molecule has 2 rings (SSSR count). The van der Waals surface area contributed by atoms with E-state index in [0.717, 1.165) is 5.69 Å². The maximum atomic E-state index is 11.4. The molecule has 4 heteroatoms. The second-order valence-electron chi connectivity index (χ2n) is 3.42. The fraction of sp³-hybridized carbons (Fsp3) is 0.0833. The number of carbonyl (C=O) groups is 2. The Labute approximate surface area is 92.5 Å². The molecule has 0 aliphatic rings. The van der Waals surface area contributed by atoms with E-state index in [0.29, 0.717) is 17.4 Å². The van der Waals surface area contributed by atoms with Gasteiger partial charge in [0.05, 0.1) is 6.33 Å². The van der Waals surface area contributed by atoms with Crippen LogP contribution in [0, 0.1) is 0 Å². The van der Waals surface area contributed by atoms with Crippen molar-refractivity contribution in [2.75, 3.05) is 0 Å². The van der Waals surface area contributed by atoms with Crippen LogP contribution in [0.3, 0.4) is 0 Å². The number of ketones is 1. The molecule has 0 saturated heterocycles. The quantitative estimate of drug-likeness (QED) is 0.579. The summed E-state index contributed by atoms with van der Waals surface area (Å²) < 4.78 is 1.78. The van der Waals surface area contributed by atoms with Gasteiger partial charge in [-0.15, -0.1) is 0 Å². The lowest BCUT2D eigenvalue weighted by atomic mass is 10.0. The van der Waals surface area contributed by atoms with Crippen LogP contribution in [0.2, 0.25) is 0 Å². The largest absolute Gasteiger partial charge is 0.306 e. The molecule has 2 aromatic rings. The summed E-state index contributed by atoms with van der Waals surface area (Å²) in [6.45, 7) is 1.44. The van der Waals surface area contributed by atoms with E-state index in [9.17, 15) is 9.59 Å². The summed E-state index contributed by atoms with van der Waals surface area (Å²) in [7, 11) is 0. The first kappa shape index (κ1) is 10.3. The number of nitrogens with zero attached hydrogens (tertiary/aromatic N) is 2. The molecule has 0 aliphatic heterocycles. The van der Waals surface area contributed by atoms with Crippen LogP contribution in [0.5, 0.6) is 0 Å². The molecule has 1 aromatic carbocycles. The normalized spacial score (nSPS) is 10.1. The molecule has 0 radical (unpaired) electrons. The molecule has 0 amide bonds. The van der Waals surface area contributed by atoms with Crippen molar-refractivity contribution < 1.29 is 9.59 Å². The lowest BCUT2D eigenvalue weighted by Crippen LogP contribution is -2.01. The van der Waals surface area contributed by atoms with Crippen LogP contribution < -0.4 is 0 Å². The van der Waals surface area contributed by atoms with Gasteiger partial charge in [0, 0.05) is 29.2 Å². The Balaban J connectivity index is 2.55. The molecule has 0 bridgehead atoms. The highest BCUT2D eigenvalue weighted by molar-refractivity contribution is 6.01. The lowest BCUT2D eigenvalue weighted by Gasteiger charge is -2.05. The number of aldehydes is 1. The van der Waals surface area contributed by atoms with Crippen molar-refractivity contribution in [2.24, 2.45) is 0 Å². The number of Topliss-reactive ketones (excluding diaryl/α,β-unsaturated/α-hetero) is 1. The van der Waals surface area contributed by atoms with Gasteiger partial charge in [-0.2, -0.15) is 0 Å². The molecular weight excluding hydrogens is 204 g/mol. The van der Waals surface area contributed by atoms with Crippen molar-refractivity contribution in [1.29, 1.82) is 0 Å². The van der Waals surface area contributed by atoms with Crippen molar-refractivity contribution in [1.82, 2.24) is 9.55 Å². The molecule has 1 heterocycles. The minimum Gasteiger partial charge on any atom is -0.306 e. The Kier molecular flexibility index (Phi) is 2.64. The van der Waals surface area contributed by atoms with Crippen molar-refractivity contribution in [3.63, 3.8) is 0 Å². The number of benzene rings is 1. The fourth-order valence-corrected chi connectivity index (χ4v) is 1.52. The third kappa shape index (κ3) is 1.77. The first-order chi connectivity index (χ1) is 7.72. The molecular formula is C12H10N2O2. The maximum Gasteiger partial charge on any atom is 0.160 e. The van der Waals surface area contributed by atoms with E-state index >= 15 is 0 Å². The molecule has 0 fully saturated rings. The Morgan fingerprint density at radius 2 is 2.25 bits per heavy atom. The van der Waals surface area contributed by atoms with Gasteiger partial charge in [-0.05, 0) is 25.1 Å². The molecule has 0 unspecified atom stereocenters. The second-order valence-corrected chi connectivity index (χ2v) is 3.42. The van der Waals surface area contributed by atoms with Crippen molar-refractivity contribution in [3.8, 4) is 5.69 Å². The van der Waals surface area contributed by atoms with Gasteiger partial charge in [-0.3, -0.25) is 9.59 Å². The minimum absolute atomic E-state index is 0.121. The monoisotopic (exact) mass is 214 g/mol. The zero-order valence-electron chi connectivity index (χ0n) is 8.75. The first-order valence-corrected chi connectivity index (χ1v) is 4.81. The first-order valence-electron chi connectivity index (χ1n) is 4.81. The molecule has 1 aromatic heterocycles. The van der Waals surface area contributed by atoms with Gasteiger partial charge in [0.1, 0.15) is 0 Å². The number of aromatic nitrogens is 2. The highest BCUT2D eigenvalue weighted by Crippen LogP contribution is 2.14. The summed E-state index contributed by atoms with van der Waals surface area (Å²) in [6.07, 6.45) is 5.76. The van der Waals surface area contributed by atoms with E-state index < -0.39 is 0 Å². The minimum atomic E-state index is -0.121. The summed E-state index contributed by atoms with van der Waals surface area (Å²) in [5.41, 5.74) is 1.66. The van der Waals surface area contributed by atoms with E-state index in [-0.39, 0.29) is 5.78 Å². The van der Waals surface area contributed by atoms with Crippen LogP contribution in [0.1, 0.15) is 27.6 Å². The summed E-state index contributed by atoms with van der Waals surface area (Å²) >= 11 is 0. The van der Waals surface area contributed by atoms with E-state index in [1.54, 1.807) is 41.5 Å². The van der Waals surface area contributed by atoms with Crippen LogP contribution >= 0.6 is 0 Å². The number of hydrogen-bond donors (Lipinski definition) is 0. The number of rotatable bonds is 3. The van der Waals surface area contributed by atoms with E-state index in [2.05, 4.69) is 4.98 Å². The smallest absolute Gasteiger partial charge is 0.160 e. The molecule has 80 valence electrons. The predicted molar refractivity (Wildman–Crippen MR) is 59.0 cm³/mol. The molecule has 0 atom stereocenters. The molecule has 4 nitrogen and oxygen atoms in total. The summed E-state index contributed by atoms with van der Waals surface area (Å²) in [5.74, 6) is -0.121. The van der Waals surface area contributed by atoms with Crippen LogP contribution in [0.4, 0.5) is 0 Å². The number of carbonyl (C=O) groups excluding carboxylic acids is 2. The van der Waals surface area contributed by atoms with Crippen LogP contribution in [0.15, 0.2) is 36.9 Å². The number of imidazole rings is 1. The Bertz CT molecular complexity index is 530. The zero-order valence-corrected chi connectivity index (χ0v) is 8.75. The molecule has 0 N–H and O–H groups in total. The van der Waals surface area contributed by atoms with Gasteiger partial charge in [-0.25, -0.2) is 4.98 Å². The van der Waals surface area contributed by atoms with Crippen LogP contribution in [-0.2, 0) is 0 Å². The third-order valence-electron chi connectivity index (χ3n) is 2.35. The van der Waals surface area contributed by atoms with Gasteiger partial charge < -0.3 is 4.57 Å². The lowest BCUT2D eigenvalue weighted by molar-refractivity contribution is 0.101. The number of hydrogen-bond acceptors (Lipinski definition) is 3. The van der Waals surface area contributed by atoms with Crippen LogP contribution in [0.25, 0.3) is 5.69 Å². The molecule has 16 heavy (non-hydrogen) atoms. The molecule has 0 saturated carbocycles. The molecule has 0 spiro atoms. The van der Waals surface area contributed by atoms with Crippen LogP contribution in [-0.4, -0.2) is 21.6 Å². The maximum absolute atomic E-state index is 11.4. The van der Waals surface area contributed by atoms with Gasteiger partial charge in [0.25, 0.3) is 0 Å². The second kappa shape index (κ2) is 4.10. The van der Waals surface area contributed by atoms with E-state index in [1.807, 2.05) is 0 Å². The highest BCUT2D eigenvalue weighted by atomic mass is 16.1. The third-order valence-corrected chi connectivity index (χ3v) is 2.35. The summed E-state index contributed by atoms with van der Waals surface area (Å²) in [5, 5.41) is 0. The topological polar surface area (TPSA) is 52.0 Å². The Hall–Kier alpha value is -2.23. The van der Waals surface area contributed by atoms with Crippen molar-refractivity contribution in [3.05, 3.63) is 48.0 Å². The van der Waals surface area contributed by atoms with Gasteiger partial charge >= 0.3 is 0 Å². The predicted octanol–water partition coefficient (Wildman–Crippen LogP) is 1.89. The average Bonchev–Trinajstić information content (AvgIpc) is 2.81. The Morgan fingerprint density at radius 1 is 1.44 bits per heavy atom.